The molecule has 2 amide bonds. The molecule has 1 aromatic carbocycles. The van der Waals surface area contributed by atoms with E-state index < -0.39 is 11.9 Å². The van der Waals surface area contributed by atoms with Crippen molar-refractivity contribution in [1.82, 2.24) is 10.2 Å². The highest BCUT2D eigenvalue weighted by molar-refractivity contribution is 5.97. The van der Waals surface area contributed by atoms with E-state index in [1.54, 1.807) is 4.90 Å². The lowest BCUT2D eigenvalue weighted by Gasteiger charge is -2.34. The Labute approximate surface area is 118 Å². The molecule has 1 fully saturated rings. The Morgan fingerprint density at radius 2 is 2.05 bits per heavy atom. The normalized spacial score (nSPS) is 21.6. The van der Waals surface area contributed by atoms with E-state index in [0.29, 0.717) is 25.2 Å². The molecule has 1 saturated heterocycles. The summed E-state index contributed by atoms with van der Waals surface area (Å²) in [5.41, 5.74) is 8.66. The van der Waals surface area contributed by atoms with E-state index in [4.69, 9.17) is 5.73 Å². The first-order chi connectivity index (χ1) is 9.66. The van der Waals surface area contributed by atoms with Crippen molar-refractivity contribution in [3.63, 3.8) is 0 Å². The van der Waals surface area contributed by atoms with Crippen LogP contribution in [0.2, 0.25) is 0 Å². The zero-order valence-electron chi connectivity index (χ0n) is 11.4. The van der Waals surface area contributed by atoms with Crippen molar-refractivity contribution < 1.29 is 9.59 Å². The number of carbonyl (C=O) groups excluding carboxylic acids is 2. The van der Waals surface area contributed by atoms with Gasteiger partial charge in [-0.3, -0.25) is 9.59 Å². The van der Waals surface area contributed by atoms with E-state index in [0.717, 1.165) is 19.3 Å². The summed E-state index contributed by atoms with van der Waals surface area (Å²) in [4.78, 5) is 25.7. The number of nitrogens with one attached hydrogen (secondary N) is 1. The molecule has 1 aliphatic heterocycles. The van der Waals surface area contributed by atoms with Crippen LogP contribution in [0.25, 0.3) is 0 Å². The Bertz CT molecular complexity index is 556. The highest BCUT2D eigenvalue weighted by Gasteiger charge is 2.31. The fourth-order valence-electron chi connectivity index (χ4n) is 3.07. The monoisotopic (exact) mass is 273 g/mol. The standard InChI is InChI=1S/C15H19N3O2/c16-14(19)13-9-17-6-7-18(13)15(20)12-5-4-10-2-1-3-11(10)8-12/h4-5,8,13,17H,1-3,6-7,9H2,(H2,16,19). The summed E-state index contributed by atoms with van der Waals surface area (Å²) in [5.74, 6) is -0.545. The molecule has 0 spiro atoms. The predicted molar refractivity (Wildman–Crippen MR) is 75.4 cm³/mol. The first-order valence-corrected chi connectivity index (χ1v) is 7.09. The summed E-state index contributed by atoms with van der Waals surface area (Å²) < 4.78 is 0. The lowest BCUT2D eigenvalue weighted by Crippen LogP contribution is -2.58. The van der Waals surface area contributed by atoms with Crippen LogP contribution < -0.4 is 11.1 Å². The van der Waals surface area contributed by atoms with Crippen molar-refractivity contribution >= 4 is 11.8 Å². The lowest BCUT2D eigenvalue weighted by molar-refractivity contribution is -0.122. The number of fused-ring (bicyclic) bond motifs is 1. The van der Waals surface area contributed by atoms with Crippen LogP contribution in [-0.2, 0) is 17.6 Å². The highest BCUT2D eigenvalue weighted by atomic mass is 16.2. The van der Waals surface area contributed by atoms with Gasteiger partial charge in [0.1, 0.15) is 6.04 Å². The molecule has 0 saturated carbocycles. The summed E-state index contributed by atoms with van der Waals surface area (Å²) in [6.45, 7) is 1.65. The van der Waals surface area contributed by atoms with Gasteiger partial charge in [-0.25, -0.2) is 0 Å². The molecule has 1 atom stereocenters. The topological polar surface area (TPSA) is 75.4 Å². The number of hydrogen-bond donors (Lipinski definition) is 2. The Hall–Kier alpha value is -1.88. The maximum absolute atomic E-state index is 12.6. The molecule has 0 bridgehead atoms. The van der Waals surface area contributed by atoms with Gasteiger partial charge in [0.05, 0.1) is 0 Å². The van der Waals surface area contributed by atoms with Gasteiger partial charge in [0.2, 0.25) is 5.91 Å². The Morgan fingerprint density at radius 1 is 1.25 bits per heavy atom. The molecular formula is C15H19N3O2. The number of primary amides is 1. The van der Waals surface area contributed by atoms with Crippen molar-refractivity contribution in [3.05, 3.63) is 34.9 Å². The molecule has 5 nitrogen and oxygen atoms in total. The Balaban J connectivity index is 1.85. The lowest BCUT2D eigenvalue weighted by atomic mass is 10.0. The number of amides is 2. The minimum Gasteiger partial charge on any atom is -0.368 e. The third kappa shape index (κ3) is 2.29. The SMILES string of the molecule is NC(=O)C1CNCCN1C(=O)c1ccc2c(c1)CCC2. The minimum atomic E-state index is -0.551. The van der Waals surface area contributed by atoms with Crippen molar-refractivity contribution in [2.75, 3.05) is 19.6 Å². The van der Waals surface area contributed by atoms with Crippen LogP contribution in [0.1, 0.15) is 27.9 Å². The largest absolute Gasteiger partial charge is 0.368 e. The summed E-state index contributed by atoms with van der Waals surface area (Å²) in [6, 6.07) is 5.33. The first kappa shape index (κ1) is 13.1. The Morgan fingerprint density at radius 3 is 2.85 bits per heavy atom. The van der Waals surface area contributed by atoms with Gasteiger partial charge in [-0.1, -0.05) is 6.07 Å². The second kappa shape index (κ2) is 5.25. The van der Waals surface area contributed by atoms with Crippen LogP contribution in [0.4, 0.5) is 0 Å². The molecule has 106 valence electrons. The van der Waals surface area contributed by atoms with Crippen LogP contribution in [0.5, 0.6) is 0 Å². The first-order valence-electron chi connectivity index (χ1n) is 7.09. The molecule has 3 rings (SSSR count). The third-order valence-corrected chi connectivity index (χ3v) is 4.18. The Kier molecular flexibility index (Phi) is 3.44. The molecule has 1 heterocycles. The van der Waals surface area contributed by atoms with Crippen molar-refractivity contribution in [2.45, 2.75) is 25.3 Å². The fraction of sp³-hybridized carbons (Fsp3) is 0.467. The van der Waals surface area contributed by atoms with E-state index in [-0.39, 0.29) is 5.91 Å². The molecule has 1 aliphatic carbocycles. The maximum atomic E-state index is 12.6. The van der Waals surface area contributed by atoms with Gasteiger partial charge < -0.3 is 16.0 Å². The summed E-state index contributed by atoms with van der Waals surface area (Å²) in [6.07, 6.45) is 3.29. The van der Waals surface area contributed by atoms with Crippen LogP contribution in [0.3, 0.4) is 0 Å². The van der Waals surface area contributed by atoms with Gasteiger partial charge in [0.25, 0.3) is 5.91 Å². The number of benzene rings is 1. The summed E-state index contributed by atoms with van der Waals surface area (Å²) in [5, 5.41) is 3.10. The maximum Gasteiger partial charge on any atom is 0.254 e. The molecule has 5 heteroatoms. The molecule has 20 heavy (non-hydrogen) atoms. The molecule has 2 aliphatic rings. The van der Waals surface area contributed by atoms with Gasteiger partial charge in [0, 0.05) is 25.2 Å². The minimum absolute atomic E-state index is 0.0926. The predicted octanol–water partition coefficient (Wildman–Crippen LogP) is 0.0746. The molecule has 1 aromatic rings. The van der Waals surface area contributed by atoms with Gasteiger partial charge in [0.15, 0.2) is 0 Å². The van der Waals surface area contributed by atoms with E-state index >= 15 is 0 Å². The number of nitrogens with zero attached hydrogens (tertiary/aromatic N) is 1. The second-order valence-corrected chi connectivity index (χ2v) is 5.46. The fourth-order valence-corrected chi connectivity index (χ4v) is 3.07. The van der Waals surface area contributed by atoms with Crippen LogP contribution >= 0.6 is 0 Å². The summed E-state index contributed by atoms with van der Waals surface area (Å²) in [7, 11) is 0. The molecule has 0 radical (unpaired) electrons. The second-order valence-electron chi connectivity index (χ2n) is 5.46. The van der Waals surface area contributed by atoms with Gasteiger partial charge in [-0.15, -0.1) is 0 Å². The number of nitrogens with two attached hydrogens (primary N) is 1. The van der Waals surface area contributed by atoms with Crippen LogP contribution in [0, 0.1) is 0 Å². The third-order valence-electron chi connectivity index (χ3n) is 4.18. The van der Waals surface area contributed by atoms with Crippen LogP contribution in [0.15, 0.2) is 18.2 Å². The zero-order chi connectivity index (χ0) is 14.1. The van der Waals surface area contributed by atoms with Crippen molar-refractivity contribution in [1.29, 1.82) is 0 Å². The molecular weight excluding hydrogens is 254 g/mol. The quantitative estimate of drug-likeness (QED) is 0.801. The summed E-state index contributed by atoms with van der Waals surface area (Å²) >= 11 is 0. The molecule has 0 aromatic heterocycles. The number of aryl methyl sites for hydroxylation is 2. The average Bonchev–Trinajstić information content (AvgIpc) is 2.93. The van der Waals surface area contributed by atoms with Gasteiger partial charge in [-0.05, 0) is 42.5 Å². The van der Waals surface area contributed by atoms with Crippen LogP contribution in [-0.4, -0.2) is 42.4 Å². The highest BCUT2D eigenvalue weighted by Crippen LogP contribution is 2.23. The van der Waals surface area contributed by atoms with Crippen molar-refractivity contribution in [3.8, 4) is 0 Å². The van der Waals surface area contributed by atoms with Crippen molar-refractivity contribution in [2.24, 2.45) is 5.73 Å². The zero-order valence-corrected chi connectivity index (χ0v) is 11.4. The number of piperazine rings is 1. The number of rotatable bonds is 2. The van der Waals surface area contributed by atoms with E-state index in [9.17, 15) is 9.59 Å². The van der Waals surface area contributed by atoms with Gasteiger partial charge >= 0.3 is 0 Å². The van der Waals surface area contributed by atoms with E-state index in [2.05, 4.69) is 5.32 Å². The van der Waals surface area contributed by atoms with E-state index in [1.807, 2.05) is 18.2 Å². The average molecular weight is 273 g/mol. The number of carbonyl (C=O) groups is 2. The van der Waals surface area contributed by atoms with Gasteiger partial charge in [-0.2, -0.15) is 0 Å². The van der Waals surface area contributed by atoms with E-state index in [1.165, 1.54) is 11.1 Å². The molecule has 3 N–H and O–H groups in total. The molecule has 1 unspecified atom stereocenters. The number of hydrogen-bond acceptors (Lipinski definition) is 3. The smallest absolute Gasteiger partial charge is 0.254 e.